The van der Waals surface area contributed by atoms with Gasteiger partial charge in [-0.2, -0.15) is 4.98 Å². The van der Waals surface area contributed by atoms with Crippen LogP contribution in [0.4, 0.5) is 36.3 Å². The Kier molecular flexibility index (Phi) is 8.22. The number of aryl methyl sites for hydroxylation is 1. The largest absolute Gasteiger partial charge is 0.465 e. The van der Waals surface area contributed by atoms with E-state index in [-0.39, 0.29) is 66.7 Å². The third kappa shape index (κ3) is 7.13. The van der Waals surface area contributed by atoms with Gasteiger partial charge < -0.3 is 19.9 Å². The van der Waals surface area contributed by atoms with E-state index in [2.05, 4.69) is 26.9 Å². The molecule has 0 bridgehead atoms. The predicted octanol–water partition coefficient (Wildman–Crippen LogP) is 3.95. The Morgan fingerprint density at radius 3 is 2.47 bits per heavy atom. The lowest BCUT2D eigenvalue weighted by Crippen LogP contribution is -2.40. The minimum atomic E-state index is -4.22. The third-order valence-corrected chi connectivity index (χ3v) is 9.48. The van der Waals surface area contributed by atoms with Crippen LogP contribution in [0.5, 0.6) is 0 Å². The Bertz CT molecular complexity index is 1530. The molecule has 3 heterocycles. The fraction of sp³-hybridized carbons (Fsp3) is 0.571. The van der Waals surface area contributed by atoms with Gasteiger partial charge in [0.05, 0.1) is 23.5 Å². The van der Waals surface area contributed by atoms with Gasteiger partial charge >= 0.3 is 5.97 Å². The Morgan fingerprint density at radius 2 is 1.79 bits per heavy atom. The van der Waals surface area contributed by atoms with E-state index in [4.69, 9.17) is 4.74 Å². The third-order valence-electron chi connectivity index (χ3n) is 8.32. The van der Waals surface area contributed by atoms with Crippen molar-refractivity contribution in [3.05, 3.63) is 35.3 Å². The molecule has 2 aromatic rings. The normalized spacial score (nSPS) is 22.9. The molecule has 234 valence electrons. The number of carbonyl (C=O) groups excluding carboxylic acids is 2. The van der Waals surface area contributed by atoms with Crippen molar-refractivity contribution in [1.29, 1.82) is 0 Å². The number of fused-ring (bicyclic) bond motifs is 1. The highest BCUT2D eigenvalue weighted by atomic mass is 32.2. The molecule has 0 unspecified atom stereocenters. The summed E-state index contributed by atoms with van der Waals surface area (Å²) in [5.41, 5.74) is 0.440. The van der Waals surface area contributed by atoms with E-state index >= 15 is 4.39 Å². The van der Waals surface area contributed by atoms with Crippen molar-refractivity contribution in [3.63, 3.8) is 0 Å². The SMILES string of the molecule is CCOC(=O)CS(=O)(=O)Nc1cc(F)c(C(=O)Nc2cc(C)nc(N3CCC(F)(F)CC3)n2)c(N2CC[C@]3(C)C[C@@H]3C2)c1. The molecule has 3 fully saturated rings. The first-order valence-electron chi connectivity index (χ1n) is 14.2. The number of rotatable bonds is 9. The molecule has 11 nitrogen and oxygen atoms in total. The standard InChI is InChI=1S/C28H35F3N6O5S/c1-4-42-23(38)16-43(40,41)35-19-12-20(29)24(21(13-19)37-8-5-27(3)14-18(27)15-37)25(39)33-22-11-17(2)32-26(34-22)36-9-6-28(30,31)7-10-36/h11-13,18,35H,4-10,14-16H2,1-3H3,(H,32,33,34,39)/t18-,27-/m1/s1. The van der Waals surface area contributed by atoms with Crippen LogP contribution in [0, 0.1) is 24.1 Å². The van der Waals surface area contributed by atoms with Crippen LogP contribution in [-0.2, 0) is 19.6 Å². The molecule has 1 aromatic carbocycles. The van der Waals surface area contributed by atoms with E-state index in [0.717, 1.165) is 18.9 Å². The number of aromatic nitrogens is 2. The van der Waals surface area contributed by atoms with Gasteiger partial charge in [-0.3, -0.25) is 14.3 Å². The number of amides is 1. The number of hydrogen-bond donors (Lipinski definition) is 2. The highest BCUT2D eigenvalue weighted by molar-refractivity contribution is 7.93. The monoisotopic (exact) mass is 624 g/mol. The number of piperidine rings is 2. The summed E-state index contributed by atoms with van der Waals surface area (Å²) in [7, 11) is -4.22. The van der Waals surface area contributed by atoms with E-state index in [9.17, 15) is 26.8 Å². The summed E-state index contributed by atoms with van der Waals surface area (Å²) in [6.07, 6.45) is 1.14. The minimum absolute atomic E-state index is 0.00725. The van der Waals surface area contributed by atoms with Crippen molar-refractivity contribution >= 4 is 45.0 Å². The first-order chi connectivity index (χ1) is 20.2. The van der Waals surface area contributed by atoms with Gasteiger partial charge in [-0.25, -0.2) is 26.6 Å². The molecular formula is C28H35F3N6O5S. The summed E-state index contributed by atoms with van der Waals surface area (Å²) in [6.45, 7) is 6.59. The van der Waals surface area contributed by atoms with Crippen LogP contribution in [0.25, 0.3) is 0 Å². The minimum Gasteiger partial charge on any atom is -0.465 e. The number of nitrogens with zero attached hydrogens (tertiary/aromatic N) is 4. The summed E-state index contributed by atoms with van der Waals surface area (Å²) < 4.78 is 75.2. The Balaban J connectivity index is 1.43. The molecule has 2 saturated heterocycles. The van der Waals surface area contributed by atoms with Crippen molar-refractivity contribution in [2.45, 2.75) is 52.4 Å². The number of carbonyl (C=O) groups is 2. The summed E-state index contributed by atoms with van der Waals surface area (Å²) in [5.74, 6) is -5.83. The van der Waals surface area contributed by atoms with Crippen LogP contribution >= 0.6 is 0 Å². The topological polar surface area (TPSA) is 134 Å². The number of alkyl halides is 2. The number of anilines is 4. The average Bonchev–Trinajstić information content (AvgIpc) is 3.57. The fourth-order valence-corrected chi connectivity index (χ4v) is 6.67. The number of nitrogens with one attached hydrogen (secondary N) is 2. The lowest BCUT2D eigenvalue weighted by molar-refractivity contribution is -0.139. The number of halogens is 3. The van der Waals surface area contributed by atoms with Crippen LogP contribution in [0.15, 0.2) is 18.2 Å². The Morgan fingerprint density at radius 1 is 1.09 bits per heavy atom. The zero-order valence-corrected chi connectivity index (χ0v) is 25.1. The maximum atomic E-state index is 15.8. The highest BCUT2D eigenvalue weighted by Gasteiger charge is 2.53. The highest BCUT2D eigenvalue weighted by Crippen LogP contribution is 2.58. The van der Waals surface area contributed by atoms with E-state index < -0.39 is 39.4 Å². The lowest BCUT2D eigenvalue weighted by atomic mass is 9.96. The van der Waals surface area contributed by atoms with E-state index in [1.54, 1.807) is 18.7 Å². The van der Waals surface area contributed by atoms with Crippen molar-refractivity contribution in [2.24, 2.45) is 11.3 Å². The summed E-state index contributed by atoms with van der Waals surface area (Å²) in [4.78, 5) is 37.5. The molecule has 5 rings (SSSR count). The summed E-state index contributed by atoms with van der Waals surface area (Å²) in [6, 6.07) is 3.76. The zero-order chi connectivity index (χ0) is 31.2. The molecule has 1 aromatic heterocycles. The van der Waals surface area contributed by atoms with Crippen molar-refractivity contribution in [2.75, 3.05) is 58.4 Å². The quantitative estimate of drug-likeness (QED) is 0.398. The fourth-order valence-electron chi connectivity index (χ4n) is 5.73. The smallest absolute Gasteiger partial charge is 0.323 e. The number of hydrogen-bond acceptors (Lipinski definition) is 9. The van der Waals surface area contributed by atoms with Gasteiger partial charge in [-0.1, -0.05) is 6.92 Å². The molecule has 2 aliphatic heterocycles. The van der Waals surface area contributed by atoms with Crippen LogP contribution < -0.4 is 19.8 Å². The molecule has 15 heteroatoms. The lowest BCUT2D eigenvalue weighted by Gasteiger charge is -2.33. The van der Waals surface area contributed by atoms with Gasteiger partial charge in [-0.15, -0.1) is 0 Å². The molecule has 2 atom stereocenters. The first kappa shape index (κ1) is 30.8. The number of esters is 1. The second-order valence-corrected chi connectivity index (χ2v) is 13.5. The number of sulfonamides is 1. The van der Waals surface area contributed by atoms with Gasteiger partial charge in [-0.05, 0) is 50.2 Å². The van der Waals surface area contributed by atoms with Crippen molar-refractivity contribution in [1.82, 2.24) is 9.97 Å². The van der Waals surface area contributed by atoms with Gasteiger partial charge in [0.25, 0.3) is 11.8 Å². The van der Waals surface area contributed by atoms with Crippen LogP contribution in [-0.4, -0.2) is 74.7 Å². The molecule has 0 spiro atoms. The van der Waals surface area contributed by atoms with Crippen LogP contribution in [0.3, 0.4) is 0 Å². The molecule has 1 saturated carbocycles. The van der Waals surface area contributed by atoms with E-state index in [1.807, 2.05) is 4.90 Å². The average molecular weight is 625 g/mol. The molecule has 1 amide bonds. The van der Waals surface area contributed by atoms with Gasteiger partial charge in [0.15, 0.2) is 5.75 Å². The van der Waals surface area contributed by atoms with E-state index in [1.165, 1.54) is 12.1 Å². The van der Waals surface area contributed by atoms with Crippen LogP contribution in [0.2, 0.25) is 0 Å². The number of benzene rings is 1. The maximum absolute atomic E-state index is 15.8. The molecule has 0 radical (unpaired) electrons. The van der Waals surface area contributed by atoms with Crippen molar-refractivity contribution < 1.29 is 35.9 Å². The molecule has 1 aliphatic carbocycles. The van der Waals surface area contributed by atoms with Gasteiger partial charge in [0.2, 0.25) is 16.0 Å². The first-order valence-corrected chi connectivity index (χ1v) is 15.9. The Hall–Kier alpha value is -3.62. The molecular weight excluding hydrogens is 589 g/mol. The second-order valence-electron chi connectivity index (χ2n) is 11.8. The molecule has 3 aliphatic rings. The summed E-state index contributed by atoms with van der Waals surface area (Å²) >= 11 is 0. The Labute approximate surface area is 248 Å². The molecule has 43 heavy (non-hydrogen) atoms. The van der Waals surface area contributed by atoms with E-state index in [0.29, 0.717) is 24.7 Å². The van der Waals surface area contributed by atoms with Crippen LogP contribution in [0.1, 0.15) is 55.6 Å². The van der Waals surface area contributed by atoms with Gasteiger partial charge in [0.1, 0.15) is 11.6 Å². The van der Waals surface area contributed by atoms with Crippen molar-refractivity contribution in [3.8, 4) is 0 Å². The van der Waals surface area contributed by atoms with Gasteiger partial charge in [0, 0.05) is 50.8 Å². The number of ether oxygens (including phenoxy) is 1. The maximum Gasteiger partial charge on any atom is 0.323 e. The zero-order valence-electron chi connectivity index (χ0n) is 24.3. The molecule has 2 N–H and O–H groups in total. The summed E-state index contributed by atoms with van der Waals surface area (Å²) in [5, 5.41) is 2.62. The second kappa shape index (κ2) is 11.5. The predicted molar refractivity (Wildman–Crippen MR) is 155 cm³/mol.